The summed E-state index contributed by atoms with van der Waals surface area (Å²) in [6.45, 7) is 0.752. The van der Waals surface area contributed by atoms with E-state index in [-0.39, 0.29) is 30.4 Å². The van der Waals surface area contributed by atoms with E-state index in [0.717, 1.165) is 5.56 Å². The Bertz CT molecular complexity index is 1120. The Morgan fingerprint density at radius 2 is 1.73 bits per heavy atom. The standard InChI is InChI=1S/C25H32N6O6/c26-18(11-15-5-7-17(32)8-6-15)23(34)31-10-2-4-21(31)24(35)30-9-1-3-20(30)22(33)29-19(25(36)37)12-16-13-27-14-28-16/h5-8,13-14,18-21,32H,1-4,9-12,26H2,(H,27,28)(H,29,33)(H,36,37). The summed E-state index contributed by atoms with van der Waals surface area (Å²) >= 11 is 0. The van der Waals surface area contributed by atoms with E-state index < -0.39 is 36.0 Å². The molecule has 0 radical (unpaired) electrons. The molecule has 2 saturated heterocycles. The van der Waals surface area contributed by atoms with Crippen molar-refractivity contribution < 1.29 is 29.4 Å². The second-order valence-corrected chi connectivity index (χ2v) is 9.54. The van der Waals surface area contributed by atoms with Gasteiger partial charge in [-0.1, -0.05) is 12.1 Å². The third kappa shape index (κ3) is 6.08. The molecule has 6 N–H and O–H groups in total. The van der Waals surface area contributed by atoms with Crippen molar-refractivity contribution in [2.24, 2.45) is 5.73 Å². The highest BCUT2D eigenvalue weighted by Gasteiger charge is 2.43. The number of aromatic nitrogens is 2. The molecule has 1 aromatic carbocycles. The van der Waals surface area contributed by atoms with Crippen molar-refractivity contribution in [2.75, 3.05) is 13.1 Å². The van der Waals surface area contributed by atoms with Crippen molar-refractivity contribution in [1.29, 1.82) is 0 Å². The number of hydrogen-bond donors (Lipinski definition) is 5. The molecule has 2 aliphatic rings. The van der Waals surface area contributed by atoms with Gasteiger partial charge in [-0.25, -0.2) is 9.78 Å². The van der Waals surface area contributed by atoms with E-state index in [1.807, 2.05) is 0 Å². The van der Waals surface area contributed by atoms with Crippen LogP contribution in [0.4, 0.5) is 0 Å². The SMILES string of the molecule is NC(Cc1ccc(O)cc1)C(=O)N1CCCC1C(=O)N1CCCC1C(=O)NC(Cc1cnc[nH]1)C(=O)O. The lowest BCUT2D eigenvalue weighted by atomic mass is 10.0. The van der Waals surface area contributed by atoms with Crippen LogP contribution in [-0.4, -0.2) is 90.9 Å². The topological polar surface area (TPSA) is 182 Å². The molecule has 2 aromatic rings. The average Bonchev–Trinajstić information content (AvgIpc) is 3.65. The van der Waals surface area contributed by atoms with Crippen molar-refractivity contribution in [1.82, 2.24) is 25.1 Å². The third-order valence-corrected chi connectivity index (χ3v) is 6.96. The molecule has 12 nitrogen and oxygen atoms in total. The predicted molar refractivity (Wildman–Crippen MR) is 131 cm³/mol. The van der Waals surface area contributed by atoms with Gasteiger partial charge in [-0.15, -0.1) is 0 Å². The summed E-state index contributed by atoms with van der Waals surface area (Å²) in [5, 5.41) is 21.6. The van der Waals surface area contributed by atoms with Crippen LogP contribution in [0.25, 0.3) is 0 Å². The van der Waals surface area contributed by atoms with Gasteiger partial charge in [-0.3, -0.25) is 14.4 Å². The van der Waals surface area contributed by atoms with Crippen LogP contribution in [0, 0.1) is 0 Å². The molecule has 0 bridgehead atoms. The number of imidazole rings is 1. The first-order valence-corrected chi connectivity index (χ1v) is 12.4. The van der Waals surface area contributed by atoms with Crippen LogP contribution in [0.1, 0.15) is 36.9 Å². The van der Waals surface area contributed by atoms with Gasteiger partial charge in [0.25, 0.3) is 0 Å². The summed E-state index contributed by atoms with van der Waals surface area (Å²) in [4.78, 5) is 61.1. The lowest BCUT2D eigenvalue weighted by molar-refractivity contribution is -0.148. The Hall–Kier alpha value is -3.93. The van der Waals surface area contributed by atoms with Crippen LogP contribution >= 0.6 is 0 Å². The maximum atomic E-state index is 13.5. The summed E-state index contributed by atoms with van der Waals surface area (Å²) in [6, 6.07) is 2.89. The number of nitrogens with one attached hydrogen (secondary N) is 2. The third-order valence-electron chi connectivity index (χ3n) is 6.96. The number of carbonyl (C=O) groups is 4. The molecule has 2 aliphatic heterocycles. The van der Waals surface area contributed by atoms with E-state index >= 15 is 0 Å². The highest BCUT2D eigenvalue weighted by atomic mass is 16.4. The highest BCUT2D eigenvalue weighted by molar-refractivity contribution is 5.95. The fourth-order valence-corrected chi connectivity index (χ4v) is 5.05. The number of rotatable bonds is 9. The van der Waals surface area contributed by atoms with E-state index in [0.29, 0.717) is 44.5 Å². The minimum Gasteiger partial charge on any atom is -0.508 e. The number of likely N-dealkylation sites (tertiary alicyclic amines) is 2. The lowest BCUT2D eigenvalue weighted by Crippen LogP contribution is -2.56. The smallest absolute Gasteiger partial charge is 0.326 e. The van der Waals surface area contributed by atoms with Gasteiger partial charge in [0.15, 0.2) is 0 Å². The van der Waals surface area contributed by atoms with Gasteiger partial charge in [-0.05, 0) is 49.8 Å². The number of aliphatic carboxylic acids is 1. The largest absolute Gasteiger partial charge is 0.508 e. The Morgan fingerprint density at radius 3 is 2.38 bits per heavy atom. The molecule has 2 fully saturated rings. The van der Waals surface area contributed by atoms with Gasteiger partial charge in [0.1, 0.15) is 23.9 Å². The minimum atomic E-state index is -1.19. The number of hydrogen-bond acceptors (Lipinski definition) is 7. The zero-order valence-corrected chi connectivity index (χ0v) is 20.4. The normalized spacial score (nSPS) is 21.0. The molecule has 0 saturated carbocycles. The molecular formula is C25H32N6O6. The van der Waals surface area contributed by atoms with Gasteiger partial charge < -0.3 is 36.0 Å². The predicted octanol–water partition coefficient (Wildman–Crippen LogP) is -0.221. The molecular weight excluding hydrogens is 480 g/mol. The molecule has 1 aromatic heterocycles. The molecule has 4 rings (SSSR count). The molecule has 198 valence electrons. The molecule has 0 spiro atoms. The molecule has 4 unspecified atom stereocenters. The first-order valence-electron chi connectivity index (χ1n) is 12.4. The number of amides is 3. The summed E-state index contributed by atoms with van der Waals surface area (Å²) < 4.78 is 0. The molecule has 0 aliphatic carbocycles. The number of phenols is 1. The van der Waals surface area contributed by atoms with Crippen LogP contribution in [-0.2, 0) is 32.0 Å². The number of nitrogens with two attached hydrogens (primary N) is 1. The molecule has 12 heteroatoms. The second kappa shape index (κ2) is 11.4. The summed E-state index contributed by atoms with van der Waals surface area (Å²) in [7, 11) is 0. The van der Waals surface area contributed by atoms with Crippen LogP contribution < -0.4 is 11.1 Å². The number of phenolic OH excluding ortho intramolecular Hbond substituents is 1. The molecule has 3 heterocycles. The first-order chi connectivity index (χ1) is 17.7. The average molecular weight is 513 g/mol. The number of aromatic hydroxyl groups is 1. The Morgan fingerprint density at radius 1 is 1.05 bits per heavy atom. The zero-order valence-electron chi connectivity index (χ0n) is 20.4. The monoisotopic (exact) mass is 512 g/mol. The fraction of sp³-hybridized carbons (Fsp3) is 0.480. The zero-order chi connectivity index (χ0) is 26.5. The number of aromatic amines is 1. The highest BCUT2D eigenvalue weighted by Crippen LogP contribution is 2.26. The molecule has 4 atom stereocenters. The van der Waals surface area contributed by atoms with E-state index in [1.165, 1.54) is 34.5 Å². The van der Waals surface area contributed by atoms with Gasteiger partial charge in [0.05, 0.1) is 12.4 Å². The van der Waals surface area contributed by atoms with Crippen molar-refractivity contribution in [2.45, 2.75) is 62.7 Å². The van der Waals surface area contributed by atoms with Gasteiger partial charge >= 0.3 is 5.97 Å². The maximum Gasteiger partial charge on any atom is 0.326 e. The molecule has 37 heavy (non-hydrogen) atoms. The quantitative estimate of drug-likeness (QED) is 0.305. The van der Waals surface area contributed by atoms with Crippen molar-refractivity contribution in [3.8, 4) is 5.75 Å². The van der Waals surface area contributed by atoms with E-state index in [4.69, 9.17) is 5.73 Å². The van der Waals surface area contributed by atoms with Crippen molar-refractivity contribution in [3.05, 3.63) is 48.0 Å². The van der Waals surface area contributed by atoms with Crippen molar-refractivity contribution >= 4 is 23.7 Å². The number of carboxylic acid groups (broad SMARTS) is 1. The Kier molecular flexibility index (Phi) is 8.07. The van der Waals surface area contributed by atoms with Crippen LogP contribution in [0.5, 0.6) is 5.75 Å². The first kappa shape index (κ1) is 26.1. The van der Waals surface area contributed by atoms with E-state index in [9.17, 15) is 29.4 Å². The summed E-state index contributed by atoms with van der Waals surface area (Å²) in [5.41, 5.74) is 7.55. The summed E-state index contributed by atoms with van der Waals surface area (Å²) in [6.07, 6.45) is 5.34. The summed E-state index contributed by atoms with van der Waals surface area (Å²) in [5.74, 6) is -2.25. The number of carboxylic acids is 1. The number of nitrogens with zero attached hydrogens (tertiary/aromatic N) is 3. The van der Waals surface area contributed by atoms with Crippen LogP contribution in [0.2, 0.25) is 0 Å². The van der Waals surface area contributed by atoms with Crippen LogP contribution in [0.15, 0.2) is 36.8 Å². The number of carbonyl (C=O) groups excluding carboxylic acids is 3. The maximum absolute atomic E-state index is 13.5. The van der Waals surface area contributed by atoms with Crippen LogP contribution in [0.3, 0.4) is 0 Å². The van der Waals surface area contributed by atoms with E-state index in [1.54, 1.807) is 12.1 Å². The molecule has 3 amide bonds. The van der Waals surface area contributed by atoms with Gasteiger partial charge in [0.2, 0.25) is 17.7 Å². The Balaban J connectivity index is 1.40. The van der Waals surface area contributed by atoms with Gasteiger partial charge in [0, 0.05) is 31.4 Å². The number of H-pyrrole nitrogens is 1. The second-order valence-electron chi connectivity index (χ2n) is 9.54. The Labute approximate surface area is 213 Å². The van der Waals surface area contributed by atoms with Crippen molar-refractivity contribution in [3.63, 3.8) is 0 Å². The lowest BCUT2D eigenvalue weighted by Gasteiger charge is -2.32. The fourth-order valence-electron chi connectivity index (χ4n) is 5.05. The minimum absolute atomic E-state index is 0.0333. The number of benzene rings is 1. The van der Waals surface area contributed by atoms with Gasteiger partial charge in [-0.2, -0.15) is 0 Å². The van der Waals surface area contributed by atoms with E-state index in [2.05, 4.69) is 15.3 Å².